The summed E-state index contributed by atoms with van der Waals surface area (Å²) in [6.07, 6.45) is 8.70. The molecule has 0 spiro atoms. The third kappa shape index (κ3) is 3.94. The highest BCUT2D eigenvalue weighted by Gasteiger charge is 2.68. The molecule has 0 saturated heterocycles. The topological polar surface area (TPSA) is 109 Å². The van der Waals surface area contributed by atoms with Crippen LogP contribution in [0.3, 0.4) is 0 Å². The zero-order valence-electron chi connectivity index (χ0n) is 15.5. The Balaban J connectivity index is 0.000000238. The lowest BCUT2D eigenvalue weighted by Crippen LogP contribution is -2.43. The summed E-state index contributed by atoms with van der Waals surface area (Å²) in [6, 6.07) is 0. The summed E-state index contributed by atoms with van der Waals surface area (Å²) in [4.78, 5) is 41.9. The lowest BCUT2D eigenvalue weighted by atomic mass is 9.61. The van der Waals surface area contributed by atoms with Crippen LogP contribution in [0.5, 0.6) is 0 Å². The van der Waals surface area contributed by atoms with Crippen LogP contribution >= 0.6 is 0 Å². The first-order valence-electron chi connectivity index (χ1n) is 8.77. The molecule has 2 N–H and O–H groups in total. The Morgan fingerprint density at radius 1 is 0.962 bits per heavy atom. The first-order chi connectivity index (χ1) is 12.1. The number of fused-ring (bicyclic) bond motifs is 5. The van der Waals surface area contributed by atoms with E-state index in [0.29, 0.717) is 11.8 Å². The summed E-state index contributed by atoms with van der Waals surface area (Å²) in [5.41, 5.74) is -0.136. The Hall–Kier alpha value is -2.24. The van der Waals surface area contributed by atoms with Crippen molar-refractivity contribution < 1.29 is 29.4 Å². The van der Waals surface area contributed by atoms with E-state index in [9.17, 15) is 19.2 Å². The van der Waals surface area contributed by atoms with Gasteiger partial charge in [-0.05, 0) is 57.8 Å². The minimum absolute atomic E-state index is 0.176. The van der Waals surface area contributed by atoms with E-state index in [2.05, 4.69) is 13.2 Å². The molecule has 0 aromatic rings. The maximum atomic E-state index is 11.4. The molecule has 3 fully saturated rings. The van der Waals surface area contributed by atoms with Gasteiger partial charge in [0.1, 0.15) is 12.6 Å². The zero-order valence-corrected chi connectivity index (χ0v) is 15.5. The van der Waals surface area contributed by atoms with Gasteiger partial charge in [0, 0.05) is 22.0 Å². The molecule has 3 rings (SSSR count). The van der Waals surface area contributed by atoms with Crippen LogP contribution in [0.25, 0.3) is 0 Å². The fourth-order valence-electron chi connectivity index (χ4n) is 4.69. The normalized spacial score (nSPS) is 32.8. The number of aliphatic carboxylic acids is 2. The van der Waals surface area contributed by atoms with Crippen molar-refractivity contribution in [2.45, 2.75) is 52.4 Å². The van der Waals surface area contributed by atoms with Crippen molar-refractivity contribution in [3.63, 3.8) is 0 Å². The molecular weight excluding hydrogens is 336 g/mol. The molecule has 4 atom stereocenters. The van der Waals surface area contributed by atoms with Gasteiger partial charge in [0.05, 0.1) is 0 Å². The van der Waals surface area contributed by atoms with E-state index in [1.54, 1.807) is 0 Å². The molecule has 0 amide bonds. The third-order valence-corrected chi connectivity index (χ3v) is 6.02. The summed E-state index contributed by atoms with van der Waals surface area (Å²) in [5, 5.41) is 15.8. The van der Waals surface area contributed by atoms with Crippen LogP contribution in [-0.4, -0.2) is 34.7 Å². The molecule has 3 aliphatic rings. The van der Waals surface area contributed by atoms with Gasteiger partial charge in [-0.2, -0.15) is 0 Å². The van der Waals surface area contributed by atoms with Crippen LogP contribution in [0.1, 0.15) is 52.4 Å². The van der Waals surface area contributed by atoms with Gasteiger partial charge in [0.25, 0.3) is 0 Å². The fraction of sp³-hybridized carbons (Fsp3) is 0.600. The van der Waals surface area contributed by atoms with Crippen LogP contribution in [0, 0.1) is 22.7 Å². The minimum atomic E-state index is -0.935. The van der Waals surface area contributed by atoms with Gasteiger partial charge in [-0.3, -0.25) is 0 Å². The summed E-state index contributed by atoms with van der Waals surface area (Å²) >= 11 is 0. The van der Waals surface area contributed by atoms with E-state index >= 15 is 0 Å². The molecule has 2 bridgehead atoms. The number of carboxylic acids is 2. The highest BCUT2D eigenvalue weighted by atomic mass is 16.4. The van der Waals surface area contributed by atoms with Crippen molar-refractivity contribution in [2.24, 2.45) is 22.7 Å². The number of carboxylic acid groups (broad SMARTS) is 2. The molecule has 0 radical (unpaired) electrons. The number of carbonyl (C=O) groups excluding carboxylic acids is 2. The highest BCUT2D eigenvalue weighted by molar-refractivity contribution is 5.85. The third-order valence-electron chi connectivity index (χ3n) is 6.02. The van der Waals surface area contributed by atoms with E-state index in [1.165, 1.54) is 26.7 Å². The molecular formula is C20H28O6. The highest BCUT2D eigenvalue weighted by Crippen LogP contribution is 2.70. The van der Waals surface area contributed by atoms with Crippen LogP contribution < -0.4 is 0 Å². The summed E-state index contributed by atoms with van der Waals surface area (Å²) in [6.45, 7) is 9.20. The average molecular weight is 364 g/mol. The molecule has 3 aliphatic carbocycles. The molecule has 3 saturated carbocycles. The predicted molar refractivity (Wildman–Crippen MR) is 96.6 cm³/mol. The van der Waals surface area contributed by atoms with E-state index in [4.69, 9.17) is 10.2 Å². The molecule has 6 nitrogen and oxygen atoms in total. The van der Waals surface area contributed by atoms with Gasteiger partial charge >= 0.3 is 11.9 Å². The lowest BCUT2D eigenvalue weighted by molar-refractivity contribution is -0.135. The van der Waals surface area contributed by atoms with Crippen molar-refractivity contribution in [3.05, 3.63) is 24.3 Å². The fourth-order valence-corrected chi connectivity index (χ4v) is 4.69. The average Bonchev–Trinajstić information content (AvgIpc) is 3.26. The molecule has 0 heterocycles. The summed E-state index contributed by atoms with van der Waals surface area (Å²) in [5.74, 6) is -0.656. The van der Waals surface area contributed by atoms with E-state index in [-0.39, 0.29) is 22.0 Å². The number of rotatable bonds is 4. The van der Waals surface area contributed by atoms with Crippen molar-refractivity contribution in [3.8, 4) is 0 Å². The van der Waals surface area contributed by atoms with Gasteiger partial charge in [-0.15, -0.1) is 0 Å². The second kappa shape index (κ2) is 8.43. The van der Waals surface area contributed by atoms with Crippen LogP contribution in [0.15, 0.2) is 24.3 Å². The Kier molecular flexibility index (Phi) is 7.07. The Morgan fingerprint density at radius 3 is 1.85 bits per heavy atom. The SMILES string of the molecule is C=C(C)C(=O)O.C=C(C)C(=O)O.O=CC12CCC(C1)C1CCCC12C=O. The number of carbonyl (C=O) groups is 4. The molecule has 0 aromatic heterocycles. The maximum Gasteiger partial charge on any atom is 0.330 e. The standard InChI is InChI=1S/C12H16O2.2C4H6O2/c13-7-11-5-3-9(6-11)10-2-1-4-12(10,11)8-14;2*1-3(2)4(5)6/h7-10H,1-6H2;2*1H2,2H3,(H,5,6). The lowest BCUT2D eigenvalue weighted by Gasteiger charge is -2.40. The Morgan fingerprint density at radius 2 is 1.46 bits per heavy atom. The van der Waals surface area contributed by atoms with Gasteiger partial charge < -0.3 is 19.8 Å². The quantitative estimate of drug-likeness (QED) is 0.585. The van der Waals surface area contributed by atoms with E-state index in [0.717, 1.165) is 38.3 Å². The first-order valence-corrected chi connectivity index (χ1v) is 8.77. The van der Waals surface area contributed by atoms with Crippen molar-refractivity contribution in [2.75, 3.05) is 0 Å². The summed E-state index contributed by atoms with van der Waals surface area (Å²) in [7, 11) is 0. The number of hydrogen-bond donors (Lipinski definition) is 2. The second-order valence-electron chi connectivity index (χ2n) is 7.60. The number of hydrogen-bond acceptors (Lipinski definition) is 4. The number of aldehydes is 2. The zero-order chi connectivity index (χ0) is 20.1. The molecule has 26 heavy (non-hydrogen) atoms. The monoisotopic (exact) mass is 364 g/mol. The molecule has 4 unspecified atom stereocenters. The van der Waals surface area contributed by atoms with E-state index in [1.807, 2.05) is 0 Å². The minimum Gasteiger partial charge on any atom is -0.478 e. The van der Waals surface area contributed by atoms with Gasteiger partial charge in [-0.1, -0.05) is 19.6 Å². The largest absolute Gasteiger partial charge is 0.478 e. The molecule has 144 valence electrons. The molecule has 6 heteroatoms. The smallest absolute Gasteiger partial charge is 0.330 e. The second-order valence-corrected chi connectivity index (χ2v) is 7.60. The van der Waals surface area contributed by atoms with Crippen LogP contribution in [0.2, 0.25) is 0 Å². The maximum absolute atomic E-state index is 11.4. The van der Waals surface area contributed by atoms with E-state index < -0.39 is 11.9 Å². The van der Waals surface area contributed by atoms with Gasteiger partial charge in [0.15, 0.2) is 0 Å². The Bertz CT molecular complexity index is 574. The predicted octanol–water partition coefficient (Wildman–Crippen LogP) is 3.27. The van der Waals surface area contributed by atoms with Crippen molar-refractivity contribution >= 4 is 24.5 Å². The van der Waals surface area contributed by atoms with Crippen LogP contribution in [-0.2, 0) is 19.2 Å². The van der Waals surface area contributed by atoms with Crippen LogP contribution in [0.4, 0.5) is 0 Å². The Labute approximate surface area is 154 Å². The van der Waals surface area contributed by atoms with Crippen molar-refractivity contribution in [1.82, 2.24) is 0 Å². The first kappa shape index (κ1) is 21.8. The molecule has 0 aromatic carbocycles. The molecule has 0 aliphatic heterocycles. The summed E-state index contributed by atoms with van der Waals surface area (Å²) < 4.78 is 0. The van der Waals surface area contributed by atoms with Gasteiger partial charge in [0.2, 0.25) is 0 Å². The van der Waals surface area contributed by atoms with Crippen molar-refractivity contribution in [1.29, 1.82) is 0 Å². The van der Waals surface area contributed by atoms with Gasteiger partial charge in [-0.25, -0.2) is 9.59 Å².